The molecule has 1 aromatic carbocycles. The van der Waals surface area contributed by atoms with Gasteiger partial charge in [-0.25, -0.2) is 0 Å². The summed E-state index contributed by atoms with van der Waals surface area (Å²) in [4.78, 5) is 40.6. The summed E-state index contributed by atoms with van der Waals surface area (Å²) in [7, 11) is 0. The van der Waals surface area contributed by atoms with Crippen LogP contribution in [0.4, 0.5) is 5.69 Å². The van der Waals surface area contributed by atoms with Crippen LogP contribution in [0.3, 0.4) is 0 Å². The fraction of sp³-hybridized carbons (Fsp3) is 0.526. The van der Waals surface area contributed by atoms with Crippen molar-refractivity contribution in [2.75, 3.05) is 5.32 Å². The van der Waals surface area contributed by atoms with E-state index in [9.17, 15) is 14.4 Å². The van der Waals surface area contributed by atoms with Crippen LogP contribution in [0.25, 0.3) is 0 Å². The minimum absolute atomic E-state index is 0.187. The van der Waals surface area contributed by atoms with Gasteiger partial charge < -0.3 is 5.32 Å². The minimum Gasteiger partial charge on any atom is -0.324 e. The second-order valence-corrected chi connectivity index (χ2v) is 8.43. The molecule has 2 saturated heterocycles. The quantitative estimate of drug-likeness (QED) is 0.702. The predicted molar refractivity (Wildman–Crippen MR) is 92.7 cm³/mol. The van der Waals surface area contributed by atoms with Crippen LogP contribution in [0, 0.1) is 18.8 Å². The summed E-state index contributed by atoms with van der Waals surface area (Å²) in [6.07, 6.45) is 0. The maximum Gasteiger partial charge on any atom is 0.250 e. The molecule has 0 saturated carbocycles. The summed E-state index contributed by atoms with van der Waals surface area (Å²) in [5, 5.41) is 6.21. The number of amides is 3. The van der Waals surface area contributed by atoms with Crippen LogP contribution < -0.4 is 10.6 Å². The first-order valence-corrected chi connectivity index (χ1v) is 8.67. The third-order valence-corrected chi connectivity index (χ3v) is 5.69. The lowest BCUT2D eigenvalue weighted by Crippen LogP contribution is -2.55. The molecule has 0 aliphatic carbocycles. The molecular formula is C19H23N3O3. The van der Waals surface area contributed by atoms with E-state index in [0.29, 0.717) is 5.69 Å². The molecule has 3 heterocycles. The van der Waals surface area contributed by atoms with Crippen molar-refractivity contribution < 1.29 is 14.4 Å². The molecule has 132 valence electrons. The second-order valence-electron chi connectivity index (χ2n) is 8.43. The molecular weight excluding hydrogens is 318 g/mol. The molecule has 6 heteroatoms. The fourth-order valence-corrected chi connectivity index (χ4v) is 4.74. The van der Waals surface area contributed by atoms with Gasteiger partial charge in [0.1, 0.15) is 5.54 Å². The maximum atomic E-state index is 13.3. The summed E-state index contributed by atoms with van der Waals surface area (Å²) >= 11 is 0. The highest BCUT2D eigenvalue weighted by Gasteiger charge is 2.70. The number of aryl methyl sites for hydroxylation is 1. The lowest BCUT2D eigenvalue weighted by atomic mass is 9.76. The Morgan fingerprint density at radius 1 is 1.12 bits per heavy atom. The van der Waals surface area contributed by atoms with Crippen LogP contribution in [0.1, 0.15) is 38.8 Å². The Balaban J connectivity index is 1.92. The average molecular weight is 341 g/mol. The number of anilines is 1. The molecule has 25 heavy (non-hydrogen) atoms. The van der Waals surface area contributed by atoms with Gasteiger partial charge in [-0.2, -0.15) is 0 Å². The highest BCUT2D eigenvalue weighted by molar-refractivity contribution is 6.15. The molecule has 6 nitrogen and oxygen atoms in total. The van der Waals surface area contributed by atoms with E-state index in [1.165, 1.54) is 4.90 Å². The van der Waals surface area contributed by atoms with Gasteiger partial charge in [-0.3, -0.25) is 24.6 Å². The summed E-state index contributed by atoms with van der Waals surface area (Å²) < 4.78 is 0. The van der Waals surface area contributed by atoms with Crippen LogP contribution in [0.5, 0.6) is 0 Å². The molecule has 4 rings (SSSR count). The van der Waals surface area contributed by atoms with Crippen molar-refractivity contribution in [2.45, 2.75) is 51.7 Å². The number of carbonyl (C=O) groups excluding carboxylic acids is 3. The number of nitrogens with one attached hydrogen (secondary N) is 2. The summed E-state index contributed by atoms with van der Waals surface area (Å²) in [6, 6.07) is 5.47. The highest BCUT2D eigenvalue weighted by Crippen LogP contribution is 2.53. The van der Waals surface area contributed by atoms with Gasteiger partial charge in [-0.05, 0) is 40.7 Å². The standard InChI is InChI=1S/C19H23N3O3/c1-9-6-7-12-11(8-9)19(17(25)20-12)14-13(10(2)21-19)15(23)22(16(14)24)18(3,4)5/h6-8,10,13-14,21H,1-5H3,(H,20,25)/t10-,13-,14+,19-/m1/s1. The Hall–Kier alpha value is -2.21. The molecule has 3 aliphatic heterocycles. The minimum atomic E-state index is -1.17. The summed E-state index contributed by atoms with van der Waals surface area (Å²) in [5.74, 6) is -1.93. The first kappa shape index (κ1) is 16.3. The van der Waals surface area contributed by atoms with Gasteiger partial charge in [0.25, 0.3) is 0 Å². The number of nitrogens with zero attached hydrogens (tertiary/aromatic N) is 1. The van der Waals surface area contributed by atoms with Crippen LogP contribution in [-0.4, -0.2) is 34.2 Å². The van der Waals surface area contributed by atoms with Gasteiger partial charge in [-0.1, -0.05) is 17.7 Å². The predicted octanol–water partition coefficient (Wildman–Crippen LogP) is 1.53. The second kappa shape index (κ2) is 4.69. The van der Waals surface area contributed by atoms with Crippen molar-refractivity contribution in [2.24, 2.45) is 11.8 Å². The molecule has 3 amide bonds. The zero-order valence-electron chi connectivity index (χ0n) is 15.1. The number of rotatable bonds is 0. The normalized spacial score (nSPS) is 33.9. The van der Waals surface area contributed by atoms with Gasteiger partial charge in [0.05, 0.1) is 11.8 Å². The van der Waals surface area contributed by atoms with Crippen LogP contribution in [0.15, 0.2) is 18.2 Å². The van der Waals surface area contributed by atoms with Crippen molar-refractivity contribution in [3.63, 3.8) is 0 Å². The van der Waals surface area contributed by atoms with Gasteiger partial charge in [0.2, 0.25) is 17.7 Å². The van der Waals surface area contributed by atoms with E-state index in [-0.39, 0.29) is 23.8 Å². The first-order chi connectivity index (χ1) is 11.6. The van der Waals surface area contributed by atoms with E-state index in [1.54, 1.807) is 0 Å². The van der Waals surface area contributed by atoms with Crippen molar-refractivity contribution >= 4 is 23.4 Å². The van der Waals surface area contributed by atoms with Crippen molar-refractivity contribution in [1.82, 2.24) is 10.2 Å². The number of fused-ring (bicyclic) bond motifs is 4. The zero-order chi connectivity index (χ0) is 18.3. The van der Waals surface area contributed by atoms with Gasteiger partial charge in [-0.15, -0.1) is 0 Å². The topological polar surface area (TPSA) is 78.5 Å². The van der Waals surface area contributed by atoms with Crippen molar-refractivity contribution in [3.8, 4) is 0 Å². The summed E-state index contributed by atoms with van der Waals surface area (Å²) in [5.41, 5.74) is 0.721. The van der Waals surface area contributed by atoms with E-state index >= 15 is 0 Å². The third kappa shape index (κ3) is 1.86. The average Bonchev–Trinajstić information content (AvgIpc) is 3.04. The van der Waals surface area contributed by atoms with Crippen LogP contribution in [-0.2, 0) is 19.9 Å². The Morgan fingerprint density at radius 3 is 2.44 bits per heavy atom. The molecule has 2 N–H and O–H groups in total. The van der Waals surface area contributed by atoms with Gasteiger partial charge in [0, 0.05) is 22.8 Å². The van der Waals surface area contributed by atoms with Gasteiger partial charge >= 0.3 is 0 Å². The fourth-order valence-electron chi connectivity index (χ4n) is 4.74. The van der Waals surface area contributed by atoms with E-state index in [0.717, 1.165) is 11.1 Å². The zero-order valence-corrected chi connectivity index (χ0v) is 15.1. The highest BCUT2D eigenvalue weighted by atomic mass is 16.2. The largest absolute Gasteiger partial charge is 0.324 e. The third-order valence-electron chi connectivity index (χ3n) is 5.69. The van der Waals surface area contributed by atoms with Crippen molar-refractivity contribution in [1.29, 1.82) is 0 Å². The Bertz CT molecular complexity index is 826. The van der Waals surface area contributed by atoms with Crippen LogP contribution >= 0.6 is 0 Å². The molecule has 0 unspecified atom stereocenters. The molecule has 1 spiro atoms. The van der Waals surface area contributed by atoms with Crippen molar-refractivity contribution in [3.05, 3.63) is 29.3 Å². The molecule has 2 fully saturated rings. The number of hydrogen-bond acceptors (Lipinski definition) is 4. The van der Waals surface area contributed by atoms with Crippen LogP contribution in [0.2, 0.25) is 0 Å². The number of carbonyl (C=O) groups is 3. The first-order valence-electron chi connectivity index (χ1n) is 8.67. The molecule has 0 bridgehead atoms. The molecule has 0 aromatic heterocycles. The molecule has 3 aliphatic rings. The number of likely N-dealkylation sites (tertiary alicyclic amines) is 1. The lowest BCUT2D eigenvalue weighted by Gasteiger charge is -2.34. The monoisotopic (exact) mass is 341 g/mol. The maximum absolute atomic E-state index is 13.3. The Labute approximate surface area is 147 Å². The Kier molecular flexibility index (Phi) is 3.06. The molecule has 0 radical (unpaired) electrons. The van der Waals surface area contributed by atoms with E-state index in [4.69, 9.17) is 0 Å². The SMILES string of the molecule is Cc1ccc2c(c1)[C@]1(N[C@H](C)[C@H]3C(=O)N(C(C)(C)C)C(=O)[C@H]31)C(=O)N2. The van der Waals surface area contributed by atoms with Gasteiger partial charge in [0.15, 0.2) is 0 Å². The lowest BCUT2D eigenvalue weighted by molar-refractivity contribution is -0.147. The summed E-state index contributed by atoms with van der Waals surface area (Å²) in [6.45, 7) is 9.38. The Morgan fingerprint density at radius 2 is 1.80 bits per heavy atom. The van der Waals surface area contributed by atoms with E-state index in [1.807, 2.05) is 52.8 Å². The van der Waals surface area contributed by atoms with E-state index in [2.05, 4.69) is 10.6 Å². The molecule has 4 atom stereocenters. The number of hydrogen-bond donors (Lipinski definition) is 2. The number of benzene rings is 1. The molecule has 1 aromatic rings. The van der Waals surface area contributed by atoms with E-state index < -0.39 is 22.9 Å². The smallest absolute Gasteiger partial charge is 0.250 e. The number of imide groups is 1.